The smallest absolute Gasteiger partial charge is 0.257 e. The lowest BCUT2D eigenvalue weighted by atomic mass is 10.1. The summed E-state index contributed by atoms with van der Waals surface area (Å²) in [5.41, 5.74) is 3.16. The summed E-state index contributed by atoms with van der Waals surface area (Å²) < 4.78 is 11.1. The number of rotatable bonds is 6. The van der Waals surface area contributed by atoms with Crippen molar-refractivity contribution in [3.63, 3.8) is 0 Å². The van der Waals surface area contributed by atoms with Crippen LogP contribution in [0, 0.1) is 0 Å². The highest BCUT2D eigenvalue weighted by atomic mass is 32.2. The molecule has 0 aliphatic heterocycles. The van der Waals surface area contributed by atoms with E-state index in [1.165, 1.54) is 11.8 Å². The second kappa shape index (κ2) is 7.72. The maximum atomic E-state index is 12.7. The molecule has 1 amide bonds. The van der Waals surface area contributed by atoms with Gasteiger partial charge in [-0.25, -0.2) is 4.98 Å². The largest absolute Gasteiger partial charge is 0.467 e. The average Bonchev–Trinajstić information content (AvgIpc) is 3.36. The number of hydrogen-bond donors (Lipinski definition) is 1. The van der Waals surface area contributed by atoms with Crippen LogP contribution in [0.2, 0.25) is 0 Å². The van der Waals surface area contributed by atoms with Crippen molar-refractivity contribution in [2.45, 2.75) is 23.9 Å². The maximum Gasteiger partial charge on any atom is 0.257 e. The normalized spacial score (nSPS) is 12.2. The molecule has 2 aromatic carbocycles. The van der Waals surface area contributed by atoms with E-state index in [1.807, 2.05) is 67.6 Å². The Bertz CT molecular complexity index is 1020. The topological polar surface area (TPSA) is 68.3 Å². The summed E-state index contributed by atoms with van der Waals surface area (Å²) in [5.74, 6) is 1.18. The minimum absolute atomic E-state index is 0.132. The van der Waals surface area contributed by atoms with Crippen LogP contribution >= 0.6 is 11.8 Å². The number of para-hydroxylation sites is 2. The van der Waals surface area contributed by atoms with Crippen molar-refractivity contribution in [1.29, 1.82) is 0 Å². The van der Waals surface area contributed by atoms with Crippen LogP contribution < -0.4 is 5.32 Å². The molecule has 0 radical (unpaired) electrons. The molecule has 136 valence electrons. The molecule has 0 aliphatic carbocycles. The van der Waals surface area contributed by atoms with Crippen molar-refractivity contribution in [3.05, 3.63) is 83.8 Å². The zero-order valence-corrected chi connectivity index (χ0v) is 15.5. The van der Waals surface area contributed by atoms with Crippen molar-refractivity contribution in [2.75, 3.05) is 0 Å². The van der Waals surface area contributed by atoms with Gasteiger partial charge in [-0.05, 0) is 42.8 Å². The monoisotopic (exact) mass is 378 g/mol. The molecule has 0 spiro atoms. The molecular weight excluding hydrogens is 360 g/mol. The van der Waals surface area contributed by atoms with Crippen molar-refractivity contribution in [2.24, 2.45) is 0 Å². The van der Waals surface area contributed by atoms with E-state index < -0.39 is 0 Å². The standard InChI is InChI=1S/C21H18N2O3S/c1-14(18-11-6-12-25-18)22-20(24)16-8-3-2-7-15(16)13-27-21-23-17-9-4-5-10-19(17)26-21/h2-12,14H,13H2,1H3,(H,22,24). The van der Waals surface area contributed by atoms with Gasteiger partial charge in [0.05, 0.1) is 12.3 Å². The highest BCUT2D eigenvalue weighted by molar-refractivity contribution is 7.98. The van der Waals surface area contributed by atoms with Gasteiger partial charge >= 0.3 is 0 Å². The Labute approximate surface area is 160 Å². The summed E-state index contributed by atoms with van der Waals surface area (Å²) in [4.78, 5) is 17.2. The Morgan fingerprint density at radius 2 is 1.93 bits per heavy atom. The van der Waals surface area contributed by atoms with Crippen LogP contribution in [0.15, 0.2) is 81.0 Å². The number of aromatic nitrogens is 1. The molecule has 5 nitrogen and oxygen atoms in total. The first-order valence-corrected chi connectivity index (χ1v) is 9.60. The fourth-order valence-corrected chi connectivity index (χ4v) is 3.65. The van der Waals surface area contributed by atoms with Gasteiger partial charge in [-0.3, -0.25) is 4.79 Å². The first-order chi connectivity index (χ1) is 13.2. The highest BCUT2D eigenvalue weighted by Gasteiger charge is 2.16. The number of nitrogens with zero attached hydrogens (tertiary/aromatic N) is 1. The quantitative estimate of drug-likeness (QED) is 0.467. The van der Waals surface area contributed by atoms with Crippen LogP contribution in [-0.4, -0.2) is 10.9 Å². The summed E-state index contributed by atoms with van der Waals surface area (Å²) in [6.45, 7) is 1.90. The molecule has 0 saturated heterocycles. The van der Waals surface area contributed by atoms with E-state index in [9.17, 15) is 4.79 Å². The molecule has 0 bridgehead atoms. The van der Waals surface area contributed by atoms with Crippen LogP contribution in [0.1, 0.15) is 34.6 Å². The van der Waals surface area contributed by atoms with Crippen LogP contribution in [0.4, 0.5) is 0 Å². The molecule has 0 fully saturated rings. The van der Waals surface area contributed by atoms with E-state index >= 15 is 0 Å². The van der Waals surface area contributed by atoms with Crippen molar-refractivity contribution < 1.29 is 13.6 Å². The molecule has 2 aromatic heterocycles. The van der Waals surface area contributed by atoms with Gasteiger partial charge in [-0.1, -0.05) is 42.1 Å². The summed E-state index contributed by atoms with van der Waals surface area (Å²) in [7, 11) is 0. The van der Waals surface area contributed by atoms with Crippen LogP contribution in [0.3, 0.4) is 0 Å². The van der Waals surface area contributed by atoms with Crippen molar-refractivity contribution in [1.82, 2.24) is 10.3 Å². The maximum absolute atomic E-state index is 12.7. The molecule has 1 unspecified atom stereocenters. The SMILES string of the molecule is CC(NC(=O)c1ccccc1CSc1nc2ccccc2o1)c1ccco1. The van der Waals surface area contributed by atoms with Gasteiger partial charge in [0, 0.05) is 11.3 Å². The minimum atomic E-state index is -0.203. The van der Waals surface area contributed by atoms with Gasteiger partial charge in [0.25, 0.3) is 11.1 Å². The molecule has 4 aromatic rings. The molecule has 1 atom stereocenters. The minimum Gasteiger partial charge on any atom is -0.467 e. The summed E-state index contributed by atoms with van der Waals surface area (Å²) in [6, 6.07) is 18.7. The fraction of sp³-hybridized carbons (Fsp3) is 0.143. The zero-order chi connectivity index (χ0) is 18.6. The molecule has 0 saturated carbocycles. The molecule has 6 heteroatoms. The van der Waals surface area contributed by atoms with Gasteiger partial charge in [0.1, 0.15) is 11.3 Å². The average molecular weight is 378 g/mol. The first kappa shape index (κ1) is 17.4. The van der Waals surface area contributed by atoms with Crippen molar-refractivity contribution in [3.8, 4) is 0 Å². The van der Waals surface area contributed by atoms with Gasteiger partial charge in [-0.2, -0.15) is 0 Å². The highest BCUT2D eigenvalue weighted by Crippen LogP contribution is 2.27. The van der Waals surface area contributed by atoms with Gasteiger partial charge < -0.3 is 14.2 Å². The first-order valence-electron chi connectivity index (χ1n) is 8.61. The molecule has 1 N–H and O–H groups in total. The number of fused-ring (bicyclic) bond motifs is 1. The number of hydrogen-bond acceptors (Lipinski definition) is 5. The van der Waals surface area contributed by atoms with E-state index in [2.05, 4.69) is 10.3 Å². The fourth-order valence-electron chi connectivity index (χ4n) is 2.80. The third-order valence-corrected chi connectivity index (χ3v) is 5.08. The molecule has 27 heavy (non-hydrogen) atoms. The second-order valence-corrected chi connectivity index (χ2v) is 7.03. The lowest BCUT2D eigenvalue weighted by molar-refractivity contribution is 0.0934. The van der Waals surface area contributed by atoms with Crippen LogP contribution in [0.5, 0.6) is 0 Å². The predicted octanol–water partition coefficient (Wildman–Crippen LogP) is 5.20. The van der Waals surface area contributed by atoms with E-state index in [4.69, 9.17) is 8.83 Å². The van der Waals surface area contributed by atoms with Gasteiger partial charge in [0.2, 0.25) is 0 Å². The Morgan fingerprint density at radius 3 is 2.74 bits per heavy atom. The van der Waals surface area contributed by atoms with Gasteiger partial charge in [0.15, 0.2) is 5.58 Å². The van der Waals surface area contributed by atoms with E-state index in [0.29, 0.717) is 16.5 Å². The van der Waals surface area contributed by atoms with E-state index in [0.717, 1.165) is 22.4 Å². The molecule has 0 aliphatic rings. The number of furan rings is 1. The second-order valence-electron chi connectivity index (χ2n) is 6.10. The summed E-state index contributed by atoms with van der Waals surface area (Å²) in [5, 5.41) is 3.57. The lowest BCUT2D eigenvalue weighted by Gasteiger charge is -2.13. The van der Waals surface area contributed by atoms with Crippen LogP contribution in [-0.2, 0) is 5.75 Å². The third kappa shape index (κ3) is 3.90. The third-order valence-electron chi connectivity index (χ3n) is 4.20. The van der Waals surface area contributed by atoms with Crippen molar-refractivity contribution >= 4 is 28.8 Å². The number of amides is 1. The molecular formula is C21H18N2O3S. The number of oxazole rings is 1. The number of carbonyl (C=O) groups is 1. The zero-order valence-electron chi connectivity index (χ0n) is 14.7. The Morgan fingerprint density at radius 1 is 1.11 bits per heavy atom. The van der Waals surface area contributed by atoms with Gasteiger partial charge in [-0.15, -0.1) is 0 Å². The number of benzene rings is 2. The lowest BCUT2D eigenvalue weighted by Crippen LogP contribution is -2.27. The predicted molar refractivity (Wildman–Crippen MR) is 105 cm³/mol. The Balaban J connectivity index is 1.48. The van der Waals surface area contributed by atoms with E-state index in [-0.39, 0.29) is 11.9 Å². The summed E-state index contributed by atoms with van der Waals surface area (Å²) in [6.07, 6.45) is 1.60. The Kier molecular flexibility index (Phi) is 4.98. The molecule has 2 heterocycles. The van der Waals surface area contributed by atoms with E-state index in [1.54, 1.807) is 6.26 Å². The van der Waals surface area contributed by atoms with Crippen LogP contribution in [0.25, 0.3) is 11.1 Å². The summed E-state index contributed by atoms with van der Waals surface area (Å²) >= 11 is 1.47. The number of nitrogens with one attached hydrogen (secondary N) is 1. The number of carbonyl (C=O) groups excluding carboxylic acids is 1. The molecule has 4 rings (SSSR count). The number of thioether (sulfide) groups is 1. The Hall–Kier alpha value is -2.99.